The second-order valence-corrected chi connectivity index (χ2v) is 7.35. The molecule has 2 saturated heterocycles. The van der Waals surface area contributed by atoms with Crippen molar-refractivity contribution in [2.45, 2.75) is 51.0 Å². The van der Waals surface area contributed by atoms with Gasteiger partial charge >= 0.3 is 6.03 Å². The number of halogens is 1. The summed E-state index contributed by atoms with van der Waals surface area (Å²) in [6, 6.07) is 7.77. The molecule has 2 amide bonds. The first kappa shape index (κ1) is 17.6. The van der Waals surface area contributed by atoms with E-state index in [0.717, 1.165) is 32.4 Å². The van der Waals surface area contributed by atoms with Gasteiger partial charge in [-0.15, -0.1) is 0 Å². The predicted molar refractivity (Wildman–Crippen MR) is 99.7 cm³/mol. The molecule has 1 N–H and O–H groups in total. The molecule has 1 aromatic rings. The second kappa shape index (κ2) is 8.72. The molecule has 0 radical (unpaired) electrons. The van der Waals surface area contributed by atoms with Crippen molar-refractivity contribution in [1.29, 1.82) is 0 Å². The average molecular weight is 350 g/mol. The van der Waals surface area contributed by atoms with Gasteiger partial charge in [0.1, 0.15) is 0 Å². The average Bonchev–Trinajstić information content (AvgIpc) is 2.63. The molecule has 0 spiro atoms. The van der Waals surface area contributed by atoms with Crippen molar-refractivity contribution in [1.82, 2.24) is 9.80 Å². The van der Waals surface area contributed by atoms with Crippen molar-refractivity contribution >= 4 is 23.3 Å². The molecule has 0 aliphatic carbocycles. The number of nitrogens with one attached hydrogen (secondary N) is 1. The Kier molecular flexibility index (Phi) is 6.38. The molecule has 0 bridgehead atoms. The highest BCUT2D eigenvalue weighted by molar-refractivity contribution is 6.33. The third kappa shape index (κ3) is 4.64. The third-order valence-electron chi connectivity index (χ3n) is 5.23. The van der Waals surface area contributed by atoms with E-state index in [1.807, 2.05) is 23.1 Å². The zero-order valence-electron chi connectivity index (χ0n) is 14.3. The Labute approximate surface area is 150 Å². The van der Waals surface area contributed by atoms with Crippen LogP contribution in [0.5, 0.6) is 0 Å². The van der Waals surface area contributed by atoms with Crippen LogP contribution in [0.1, 0.15) is 44.9 Å². The number of carbonyl (C=O) groups excluding carboxylic acids is 1. The summed E-state index contributed by atoms with van der Waals surface area (Å²) in [5, 5.41) is 3.58. The zero-order chi connectivity index (χ0) is 16.8. The fourth-order valence-corrected chi connectivity index (χ4v) is 4.02. The second-order valence-electron chi connectivity index (χ2n) is 6.94. The van der Waals surface area contributed by atoms with Gasteiger partial charge in [-0.05, 0) is 63.7 Å². The highest BCUT2D eigenvalue weighted by atomic mass is 35.5. The van der Waals surface area contributed by atoms with Crippen molar-refractivity contribution in [2.75, 3.05) is 31.5 Å². The number of benzene rings is 1. The zero-order valence-corrected chi connectivity index (χ0v) is 15.1. The minimum absolute atomic E-state index is 0.00792. The van der Waals surface area contributed by atoms with E-state index in [1.54, 1.807) is 6.07 Å². The standard InChI is InChI=1S/C19H28ClN3O/c20-17-9-2-3-10-18(17)21-19(24)23-14-7-4-8-16(23)11-15-22-12-5-1-6-13-22/h2-3,9-10,16H,1,4-8,11-15H2,(H,21,24). The van der Waals surface area contributed by atoms with Crippen molar-refractivity contribution in [2.24, 2.45) is 0 Å². The Balaban J connectivity index is 1.56. The highest BCUT2D eigenvalue weighted by Crippen LogP contribution is 2.24. The van der Waals surface area contributed by atoms with Gasteiger partial charge in [-0.3, -0.25) is 0 Å². The summed E-state index contributed by atoms with van der Waals surface area (Å²) >= 11 is 6.17. The van der Waals surface area contributed by atoms with Crippen molar-refractivity contribution in [3.8, 4) is 0 Å². The topological polar surface area (TPSA) is 35.6 Å². The van der Waals surface area contributed by atoms with E-state index in [0.29, 0.717) is 16.8 Å². The Morgan fingerprint density at radius 3 is 2.62 bits per heavy atom. The molecule has 3 rings (SSSR count). The molecule has 2 heterocycles. The fraction of sp³-hybridized carbons (Fsp3) is 0.632. The summed E-state index contributed by atoms with van der Waals surface area (Å²) in [6.45, 7) is 4.40. The van der Waals surface area contributed by atoms with Gasteiger partial charge in [0.2, 0.25) is 0 Å². The molecule has 0 saturated carbocycles. The highest BCUT2D eigenvalue weighted by Gasteiger charge is 2.27. The van der Waals surface area contributed by atoms with Crippen LogP contribution < -0.4 is 5.32 Å². The number of hydrogen-bond donors (Lipinski definition) is 1. The summed E-state index contributed by atoms with van der Waals surface area (Å²) in [6.07, 6.45) is 8.52. The maximum Gasteiger partial charge on any atom is 0.322 e. The van der Waals surface area contributed by atoms with E-state index in [4.69, 9.17) is 11.6 Å². The summed E-state index contributed by atoms with van der Waals surface area (Å²) in [5.74, 6) is 0. The number of nitrogens with zero attached hydrogens (tertiary/aromatic N) is 2. The lowest BCUT2D eigenvalue weighted by Gasteiger charge is -2.37. The first-order valence-electron chi connectivity index (χ1n) is 9.28. The molecule has 2 aliphatic rings. The first-order chi connectivity index (χ1) is 11.7. The number of rotatable bonds is 4. The van der Waals surface area contributed by atoms with E-state index < -0.39 is 0 Å². The molecule has 4 nitrogen and oxygen atoms in total. The van der Waals surface area contributed by atoms with Gasteiger partial charge < -0.3 is 15.1 Å². The van der Waals surface area contributed by atoms with Gasteiger partial charge in [-0.2, -0.15) is 0 Å². The van der Waals surface area contributed by atoms with Crippen molar-refractivity contribution in [3.05, 3.63) is 29.3 Å². The fourth-order valence-electron chi connectivity index (χ4n) is 3.83. The Hall–Kier alpha value is -1.26. The molecule has 132 valence electrons. The lowest BCUT2D eigenvalue weighted by molar-refractivity contribution is 0.140. The Morgan fingerprint density at radius 1 is 1.08 bits per heavy atom. The SMILES string of the molecule is O=C(Nc1ccccc1Cl)N1CCCCC1CCN1CCCCC1. The number of carbonyl (C=O) groups is 1. The van der Waals surface area contributed by atoms with Gasteiger partial charge in [0, 0.05) is 19.1 Å². The van der Waals surface area contributed by atoms with E-state index >= 15 is 0 Å². The van der Waals surface area contributed by atoms with Crippen LogP contribution in [0.25, 0.3) is 0 Å². The summed E-state index contributed by atoms with van der Waals surface area (Å²) in [4.78, 5) is 17.3. The molecule has 1 atom stereocenters. The number of para-hydroxylation sites is 1. The normalized spacial score (nSPS) is 22.4. The Morgan fingerprint density at radius 2 is 1.83 bits per heavy atom. The number of hydrogen-bond acceptors (Lipinski definition) is 2. The van der Waals surface area contributed by atoms with E-state index in [1.165, 1.54) is 38.8 Å². The summed E-state index contributed by atoms with van der Waals surface area (Å²) < 4.78 is 0. The monoisotopic (exact) mass is 349 g/mol. The summed E-state index contributed by atoms with van der Waals surface area (Å²) in [7, 11) is 0. The maximum atomic E-state index is 12.7. The van der Waals surface area contributed by atoms with E-state index in [9.17, 15) is 4.79 Å². The molecule has 2 fully saturated rings. The summed E-state index contributed by atoms with van der Waals surface area (Å²) in [5.41, 5.74) is 0.699. The molecule has 2 aliphatic heterocycles. The van der Waals surface area contributed by atoms with Crippen LogP contribution in [0.4, 0.5) is 10.5 Å². The number of piperidine rings is 2. The third-order valence-corrected chi connectivity index (χ3v) is 5.56. The molecule has 1 unspecified atom stereocenters. The van der Waals surface area contributed by atoms with Crippen molar-refractivity contribution in [3.63, 3.8) is 0 Å². The van der Waals surface area contributed by atoms with Crippen LogP contribution in [-0.2, 0) is 0 Å². The first-order valence-corrected chi connectivity index (χ1v) is 9.66. The molecule has 0 aromatic heterocycles. The van der Waals surface area contributed by atoms with Crippen molar-refractivity contribution < 1.29 is 4.79 Å². The lowest BCUT2D eigenvalue weighted by Crippen LogP contribution is -2.47. The van der Waals surface area contributed by atoms with Crippen LogP contribution in [0.3, 0.4) is 0 Å². The molecular formula is C19H28ClN3O. The molecule has 24 heavy (non-hydrogen) atoms. The number of anilines is 1. The van der Waals surface area contributed by atoms with Crippen LogP contribution in [0.15, 0.2) is 24.3 Å². The molecule has 5 heteroatoms. The lowest BCUT2D eigenvalue weighted by atomic mass is 9.99. The van der Waals surface area contributed by atoms with E-state index in [2.05, 4.69) is 10.2 Å². The van der Waals surface area contributed by atoms with Gasteiger partial charge in [0.25, 0.3) is 0 Å². The minimum Gasteiger partial charge on any atom is -0.322 e. The van der Waals surface area contributed by atoms with Crippen LogP contribution in [0, 0.1) is 0 Å². The number of amides is 2. The van der Waals surface area contributed by atoms with Gasteiger partial charge in [-0.1, -0.05) is 30.2 Å². The smallest absolute Gasteiger partial charge is 0.322 e. The van der Waals surface area contributed by atoms with Crippen LogP contribution in [-0.4, -0.2) is 48.1 Å². The largest absolute Gasteiger partial charge is 0.322 e. The quantitative estimate of drug-likeness (QED) is 0.862. The molecule has 1 aromatic carbocycles. The van der Waals surface area contributed by atoms with Gasteiger partial charge in [0.15, 0.2) is 0 Å². The van der Waals surface area contributed by atoms with Crippen LogP contribution in [0.2, 0.25) is 5.02 Å². The van der Waals surface area contributed by atoms with Gasteiger partial charge in [-0.25, -0.2) is 4.79 Å². The number of likely N-dealkylation sites (tertiary alicyclic amines) is 2. The van der Waals surface area contributed by atoms with Crippen LogP contribution >= 0.6 is 11.6 Å². The molecular weight excluding hydrogens is 322 g/mol. The van der Waals surface area contributed by atoms with Gasteiger partial charge in [0.05, 0.1) is 10.7 Å². The predicted octanol–water partition coefficient (Wildman–Crippen LogP) is 4.60. The van der Waals surface area contributed by atoms with E-state index in [-0.39, 0.29) is 6.03 Å². The number of urea groups is 1. The maximum absolute atomic E-state index is 12.7. The minimum atomic E-state index is -0.00792. The Bertz CT molecular complexity index is 545.